The van der Waals surface area contributed by atoms with Gasteiger partial charge in [0.15, 0.2) is 0 Å². The summed E-state index contributed by atoms with van der Waals surface area (Å²) in [6.07, 6.45) is 2.80. The number of hydrogen-bond donors (Lipinski definition) is 1. The average Bonchev–Trinajstić information content (AvgIpc) is 2.63. The predicted molar refractivity (Wildman–Crippen MR) is 110 cm³/mol. The molecule has 2 aromatic carbocycles. The summed E-state index contributed by atoms with van der Waals surface area (Å²) in [7, 11) is 0. The van der Waals surface area contributed by atoms with E-state index in [9.17, 15) is 4.79 Å². The molecule has 0 aliphatic heterocycles. The second-order valence-electron chi connectivity index (χ2n) is 5.58. The Hall–Kier alpha value is -1.98. The van der Waals surface area contributed by atoms with Crippen molar-refractivity contribution in [2.75, 3.05) is 12.4 Å². The van der Waals surface area contributed by atoms with Gasteiger partial charge in [0.1, 0.15) is 5.75 Å². The number of hydrogen-bond acceptors (Lipinski definition) is 4. The fraction of sp³-hybridized carbons (Fsp3) is 0.300. The van der Waals surface area contributed by atoms with Gasteiger partial charge in [-0.3, -0.25) is 4.79 Å². The summed E-state index contributed by atoms with van der Waals surface area (Å²) >= 11 is 7.74. The minimum atomic E-state index is -0.181. The lowest BCUT2D eigenvalue weighted by molar-refractivity contribution is -0.120. The molecule has 0 saturated carbocycles. The summed E-state index contributed by atoms with van der Waals surface area (Å²) in [5, 5.41) is 4.66. The third kappa shape index (κ3) is 6.73. The second-order valence-corrected chi connectivity index (χ2v) is 7.32. The van der Waals surface area contributed by atoms with Crippen molar-refractivity contribution in [1.29, 1.82) is 0 Å². The number of carbonyl (C=O) groups is 1. The Morgan fingerprint density at radius 3 is 2.88 bits per heavy atom. The van der Waals surface area contributed by atoms with E-state index in [0.29, 0.717) is 11.6 Å². The molecule has 0 aliphatic carbocycles. The van der Waals surface area contributed by atoms with Crippen molar-refractivity contribution in [3.05, 3.63) is 58.6 Å². The van der Waals surface area contributed by atoms with Crippen LogP contribution in [0.2, 0.25) is 5.02 Å². The molecular weight excluding hydrogens is 368 g/mol. The molecule has 0 heterocycles. The molecule has 6 heteroatoms. The summed E-state index contributed by atoms with van der Waals surface area (Å²) in [5.74, 6) is 1.55. The Morgan fingerprint density at radius 1 is 1.27 bits per heavy atom. The molecule has 0 aliphatic rings. The molecule has 1 amide bonds. The SMILES string of the molecule is CCCOc1cccc(/C=N\NC(=O)Cc2cc(Cl)ccc2SCC)c1. The summed E-state index contributed by atoms with van der Waals surface area (Å²) in [5.41, 5.74) is 4.34. The first-order chi connectivity index (χ1) is 12.6. The molecule has 26 heavy (non-hydrogen) atoms. The molecule has 138 valence electrons. The number of rotatable bonds is 9. The first kappa shape index (κ1) is 20.3. The van der Waals surface area contributed by atoms with Crippen LogP contribution in [-0.2, 0) is 11.2 Å². The van der Waals surface area contributed by atoms with Crippen molar-refractivity contribution in [2.45, 2.75) is 31.6 Å². The smallest absolute Gasteiger partial charge is 0.244 e. The number of amides is 1. The summed E-state index contributed by atoms with van der Waals surface area (Å²) in [6, 6.07) is 13.2. The van der Waals surface area contributed by atoms with Crippen molar-refractivity contribution >= 4 is 35.5 Å². The molecule has 1 N–H and O–H groups in total. The van der Waals surface area contributed by atoms with Gasteiger partial charge in [-0.1, -0.05) is 37.6 Å². The van der Waals surface area contributed by atoms with Crippen molar-refractivity contribution in [3.8, 4) is 5.75 Å². The van der Waals surface area contributed by atoms with E-state index in [4.69, 9.17) is 16.3 Å². The third-order valence-electron chi connectivity index (χ3n) is 3.41. The Labute approximate surface area is 164 Å². The molecule has 4 nitrogen and oxygen atoms in total. The number of halogens is 1. The highest BCUT2D eigenvalue weighted by atomic mass is 35.5. The van der Waals surface area contributed by atoms with Crippen molar-refractivity contribution < 1.29 is 9.53 Å². The van der Waals surface area contributed by atoms with Crippen LogP contribution in [-0.4, -0.2) is 24.5 Å². The molecule has 2 aromatic rings. The van der Waals surface area contributed by atoms with E-state index in [0.717, 1.165) is 33.9 Å². The van der Waals surface area contributed by atoms with Gasteiger partial charge in [0.25, 0.3) is 0 Å². The van der Waals surface area contributed by atoms with Gasteiger partial charge in [-0.2, -0.15) is 5.10 Å². The normalized spacial score (nSPS) is 10.9. The fourth-order valence-electron chi connectivity index (χ4n) is 2.28. The zero-order valence-electron chi connectivity index (χ0n) is 15.0. The second kappa shape index (κ2) is 10.9. The quantitative estimate of drug-likeness (QED) is 0.375. The van der Waals surface area contributed by atoms with Crippen LogP contribution in [0.1, 0.15) is 31.4 Å². The van der Waals surface area contributed by atoms with Gasteiger partial charge in [-0.25, -0.2) is 5.43 Å². The number of ether oxygens (including phenoxy) is 1. The molecule has 0 aromatic heterocycles. The van der Waals surface area contributed by atoms with E-state index in [-0.39, 0.29) is 12.3 Å². The molecule has 0 unspecified atom stereocenters. The minimum absolute atomic E-state index is 0.181. The lowest BCUT2D eigenvalue weighted by atomic mass is 10.1. The number of thioether (sulfide) groups is 1. The van der Waals surface area contributed by atoms with Crippen LogP contribution < -0.4 is 10.2 Å². The van der Waals surface area contributed by atoms with Crippen LogP contribution in [0.4, 0.5) is 0 Å². The molecular formula is C20H23ClN2O2S. The average molecular weight is 391 g/mol. The van der Waals surface area contributed by atoms with Gasteiger partial charge in [0, 0.05) is 9.92 Å². The van der Waals surface area contributed by atoms with Gasteiger partial charge in [0.2, 0.25) is 5.91 Å². The molecule has 0 atom stereocenters. The lowest BCUT2D eigenvalue weighted by Gasteiger charge is -2.08. The van der Waals surface area contributed by atoms with Crippen LogP contribution in [0.3, 0.4) is 0 Å². The monoisotopic (exact) mass is 390 g/mol. The maximum atomic E-state index is 12.2. The Morgan fingerprint density at radius 2 is 2.12 bits per heavy atom. The van der Waals surface area contributed by atoms with Gasteiger partial charge in [-0.05, 0) is 53.6 Å². The summed E-state index contributed by atoms with van der Waals surface area (Å²) < 4.78 is 5.59. The van der Waals surface area contributed by atoms with Crippen molar-refractivity contribution in [2.24, 2.45) is 5.10 Å². The van der Waals surface area contributed by atoms with Crippen molar-refractivity contribution in [3.63, 3.8) is 0 Å². The largest absolute Gasteiger partial charge is 0.494 e. The van der Waals surface area contributed by atoms with E-state index in [1.165, 1.54) is 0 Å². The van der Waals surface area contributed by atoms with E-state index in [2.05, 4.69) is 24.4 Å². The van der Waals surface area contributed by atoms with Gasteiger partial charge < -0.3 is 4.74 Å². The van der Waals surface area contributed by atoms with E-state index in [1.807, 2.05) is 42.5 Å². The summed E-state index contributed by atoms with van der Waals surface area (Å²) in [4.78, 5) is 13.2. The van der Waals surface area contributed by atoms with E-state index in [1.54, 1.807) is 18.0 Å². The van der Waals surface area contributed by atoms with E-state index < -0.39 is 0 Å². The van der Waals surface area contributed by atoms with Gasteiger partial charge in [-0.15, -0.1) is 11.8 Å². The number of hydrazone groups is 1. The van der Waals surface area contributed by atoms with Crippen LogP contribution >= 0.6 is 23.4 Å². The Kier molecular flexibility index (Phi) is 8.51. The molecule has 2 rings (SSSR count). The Balaban J connectivity index is 1.94. The highest BCUT2D eigenvalue weighted by Crippen LogP contribution is 2.26. The maximum absolute atomic E-state index is 12.2. The molecule has 0 fully saturated rings. The topological polar surface area (TPSA) is 50.7 Å². The zero-order valence-corrected chi connectivity index (χ0v) is 16.6. The third-order valence-corrected chi connectivity index (χ3v) is 4.64. The number of nitrogens with one attached hydrogen (secondary N) is 1. The Bertz CT molecular complexity index is 765. The first-order valence-electron chi connectivity index (χ1n) is 8.58. The zero-order chi connectivity index (χ0) is 18.8. The highest BCUT2D eigenvalue weighted by Gasteiger charge is 2.08. The maximum Gasteiger partial charge on any atom is 0.244 e. The van der Waals surface area contributed by atoms with Gasteiger partial charge >= 0.3 is 0 Å². The molecule has 0 saturated heterocycles. The molecule has 0 spiro atoms. The number of benzene rings is 2. The van der Waals surface area contributed by atoms with Crippen LogP contribution in [0, 0.1) is 0 Å². The fourth-order valence-corrected chi connectivity index (χ4v) is 3.26. The number of nitrogens with zero attached hydrogens (tertiary/aromatic N) is 1. The van der Waals surface area contributed by atoms with Crippen LogP contribution in [0.15, 0.2) is 52.5 Å². The predicted octanol–water partition coefficient (Wildman–Crippen LogP) is 4.93. The van der Waals surface area contributed by atoms with E-state index >= 15 is 0 Å². The first-order valence-corrected chi connectivity index (χ1v) is 9.94. The lowest BCUT2D eigenvalue weighted by Crippen LogP contribution is -2.20. The van der Waals surface area contributed by atoms with Crippen molar-refractivity contribution in [1.82, 2.24) is 5.43 Å². The van der Waals surface area contributed by atoms with Crippen LogP contribution in [0.5, 0.6) is 5.75 Å². The van der Waals surface area contributed by atoms with Gasteiger partial charge in [0.05, 0.1) is 19.2 Å². The highest BCUT2D eigenvalue weighted by molar-refractivity contribution is 7.99. The number of carbonyl (C=O) groups excluding carboxylic acids is 1. The minimum Gasteiger partial charge on any atom is -0.494 e. The standard InChI is InChI=1S/C20H23ClN2O2S/c1-3-10-25-18-7-5-6-15(11-18)14-22-23-20(24)13-16-12-17(21)8-9-19(16)26-4-2/h5-9,11-12,14H,3-4,10,13H2,1-2H3,(H,23,24)/b22-14-. The van der Waals surface area contributed by atoms with Crippen LogP contribution in [0.25, 0.3) is 0 Å². The molecule has 0 bridgehead atoms. The molecule has 0 radical (unpaired) electrons. The summed E-state index contributed by atoms with van der Waals surface area (Å²) in [6.45, 7) is 4.81.